The van der Waals surface area contributed by atoms with Crippen molar-refractivity contribution in [3.05, 3.63) is 34.1 Å². The molecule has 4 heteroatoms. The molecule has 1 rings (SSSR count). The van der Waals surface area contributed by atoms with E-state index in [0.29, 0.717) is 0 Å². The number of nitrogens with zero attached hydrogens (tertiary/aromatic N) is 1. The van der Waals surface area contributed by atoms with Crippen molar-refractivity contribution < 1.29 is 4.39 Å². The SMILES string of the molecule is CCCN(CC)CCNC(C)c1ccc(Br)cc1F. The van der Waals surface area contributed by atoms with Crippen molar-refractivity contribution in [1.82, 2.24) is 10.2 Å². The minimum Gasteiger partial charge on any atom is -0.309 e. The molecular formula is C15H24BrFN2. The van der Waals surface area contributed by atoms with Gasteiger partial charge in [0.05, 0.1) is 0 Å². The molecule has 1 unspecified atom stereocenters. The molecule has 0 heterocycles. The zero-order chi connectivity index (χ0) is 14.3. The first kappa shape index (κ1) is 16.6. The van der Waals surface area contributed by atoms with Crippen LogP contribution in [0.5, 0.6) is 0 Å². The van der Waals surface area contributed by atoms with Crippen molar-refractivity contribution in [2.75, 3.05) is 26.2 Å². The van der Waals surface area contributed by atoms with Gasteiger partial charge >= 0.3 is 0 Å². The van der Waals surface area contributed by atoms with Crippen LogP contribution >= 0.6 is 15.9 Å². The Bertz CT molecular complexity index is 384. The smallest absolute Gasteiger partial charge is 0.129 e. The lowest BCUT2D eigenvalue weighted by atomic mass is 10.1. The van der Waals surface area contributed by atoms with Gasteiger partial charge in [0.25, 0.3) is 0 Å². The fourth-order valence-electron chi connectivity index (χ4n) is 2.15. The van der Waals surface area contributed by atoms with E-state index in [-0.39, 0.29) is 11.9 Å². The predicted octanol–water partition coefficient (Wildman–Crippen LogP) is 3.97. The van der Waals surface area contributed by atoms with E-state index >= 15 is 0 Å². The summed E-state index contributed by atoms with van der Waals surface area (Å²) < 4.78 is 14.6. The zero-order valence-corrected chi connectivity index (χ0v) is 13.6. The number of benzene rings is 1. The molecule has 0 saturated carbocycles. The third-order valence-corrected chi connectivity index (χ3v) is 3.79. The van der Waals surface area contributed by atoms with E-state index in [9.17, 15) is 4.39 Å². The predicted molar refractivity (Wildman–Crippen MR) is 82.9 cm³/mol. The first-order valence-electron chi connectivity index (χ1n) is 6.99. The summed E-state index contributed by atoms with van der Waals surface area (Å²) in [5.41, 5.74) is 0.724. The molecule has 0 spiro atoms. The van der Waals surface area contributed by atoms with Crippen LogP contribution in [0.3, 0.4) is 0 Å². The van der Waals surface area contributed by atoms with Crippen molar-refractivity contribution in [3.8, 4) is 0 Å². The van der Waals surface area contributed by atoms with Crippen LogP contribution in [0.25, 0.3) is 0 Å². The molecule has 1 atom stereocenters. The Morgan fingerprint density at radius 1 is 1.32 bits per heavy atom. The van der Waals surface area contributed by atoms with Crippen LogP contribution < -0.4 is 5.32 Å². The van der Waals surface area contributed by atoms with Gasteiger partial charge in [0, 0.05) is 29.2 Å². The summed E-state index contributed by atoms with van der Waals surface area (Å²) in [6.07, 6.45) is 1.17. The first-order chi connectivity index (χ1) is 9.08. The summed E-state index contributed by atoms with van der Waals surface area (Å²) in [6.45, 7) is 10.4. The molecular weight excluding hydrogens is 307 g/mol. The van der Waals surface area contributed by atoms with Gasteiger partial charge < -0.3 is 10.2 Å². The van der Waals surface area contributed by atoms with Crippen LogP contribution in [0.1, 0.15) is 38.8 Å². The number of hydrogen-bond acceptors (Lipinski definition) is 2. The molecule has 0 aliphatic rings. The highest BCUT2D eigenvalue weighted by molar-refractivity contribution is 9.10. The Balaban J connectivity index is 2.44. The molecule has 0 saturated heterocycles. The summed E-state index contributed by atoms with van der Waals surface area (Å²) in [6, 6.07) is 5.27. The van der Waals surface area contributed by atoms with Crippen molar-refractivity contribution in [3.63, 3.8) is 0 Å². The van der Waals surface area contributed by atoms with E-state index in [1.165, 1.54) is 12.5 Å². The van der Waals surface area contributed by atoms with Crippen LogP contribution in [-0.2, 0) is 0 Å². The van der Waals surface area contributed by atoms with Gasteiger partial charge in [0.1, 0.15) is 5.82 Å². The quantitative estimate of drug-likeness (QED) is 0.775. The second kappa shape index (κ2) is 8.67. The Hall–Kier alpha value is -0.450. The van der Waals surface area contributed by atoms with Crippen LogP contribution in [0, 0.1) is 5.82 Å². The normalized spacial score (nSPS) is 12.9. The number of rotatable bonds is 8. The van der Waals surface area contributed by atoms with Crippen molar-refractivity contribution in [2.45, 2.75) is 33.2 Å². The summed E-state index contributed by atoms with van der Waals surface area (Å²) in [7, 11) is 0. The third kappa shape index (κ3) is 5.59. The molecule has 0 aliphatic heterocycles. The lowest BCUT2D eigenvalue weighted by Gasteiger charge is -2.21. The van der Waals surface area contributed by atoms with Crippen molar-refractivity contribution in [2.24, 2.45) is 0 Å². The Kier molecular flexibility index (Phi) is 7.57. The lowest BCUT2D eigenvalue weighted by Crippen LogP contribution is -2.33. The summed E-state index contributed by atoms with van der Waals surface area (Å²) in [5.74, 6) is -0.157. The lowest BCUT2D eigenvalue weighted by molar-refractivity contribution is 0.283. The molecule has 0 bridgehead atoms. The molecule has 0 radical (unpaired) electrons. The Morgan fingerprint density at radius 2 is 2.05 bits per heavy atom. The van der Waals surface area contributed by atoms with Gasteiger partial charge in [0.15, 0.2) is 0 Å². The summed E-state index contributed by atoms with van der Waals surface area (Å²) >= 11 is 3.28. The average Bonchev–Trinajstić information content (AvgIpc) is 2.37. The molecule has 108 valence electrons. The van der Waals surface area contributed by atoms with Crippen LogP contribution in [0.2, 0.25) is 0 Å². The van der Waals surface area contributed by atoms with E-state index < -0.39 is 0 Å². The maximum Gasteiger partial charge on any atom is 0.129 e. The monoisotopic (exact) mass is 330 g/mol. The maximum absolute atomic E-state index is 13.8. The van der Waals surface area contributed by atoms with Gasteiger partial charge in [-0.1, -0.05) is 35.8 Å². The average molecular weight is 331 g/mol. The van der Waals surface area contributed by atoms with Crippen molar-refractivity contribution >= 4 is 15.9 Å². The molecule has 19 heavy (non-hydrogen) atoms. The number of likely N-dealkylation sites (N-methyl/N-ethyl adjacent to an activating group) is 1. The van der Waals surface area contributed by atoms with Gasteiger partial charge in [-0.3, -0.25) is 0 Å². The standard InChI is InChI=1S/C15H24BrFN2/c1-4-9-19(5-2)10-8-18-12(3)14-7-6-13(16)11-15(14)17/h6-7,11-12,18H,4-5,8-10H2,1-3H3. The number of hydrogen-bond donors (Lipinski definition) is 1. The minimum atomic E-state index is -0.157. The fraction of sp³-hybridized carbons (Fsp3) is 0.600. The third-order valence-electron chi connectivity index (χ3n) is 3.29. The second-order valence-corrected chi connectivity index (χ2v) is 5.69. The van der Waals surface area contributed by atoms with Gasteiger partial charge in [-0.25, -0.2) is 4.39 Å². The molecule has 0 amide bonds. The van der Waals surface area contributed by atoms with Gasteiger partial charge in [-0.2, -0.15) is 0 Å². The molecule has 0 aliphatic carbocycles. The maximum atomic E-state index is 13.8. The van der Waals surface area contributed by atoms with Crippen LogP contribution in [0.15, 0.2) is 22.7 Å². The first-order valence-corrected chi connectivity index (χ1v) is 7.78. The highest BCUT2D eigenvalue weighted by Gasteiger charge is 2.11. The highest BCUT2D eigenvalue weighted by atomic mass is 79.9. The molecule has 0 fully saturated rings. The summed E-state index contributed by atoms with van der Waals surface area (Å²) in [5, 5.41) is 3.39. The number of halogens is 2. The molecule has 0 aromatic heterocycles. The van der Waals surface area contributed by atoms with E-state index in [4.69, 9.17) is 0 Å². The largest absolute Gasteiger partial charge is 0.309 e. The molecule has 1 N–H and O–H groups in total. The van der Waals surface area contributed by atoms with E-state index in [1.807, 2.05) is 19.1 Å². The topological polar surface area (TPSA) is 15.3 Å². The van der Waals surface area contributed by atoms with Gasteiger partial charge in [-0.15, -0.1) is 0 Å². The van der Waals surface area contributed by atoms with Crippen molar-refractivity contribution in [1.29, 1.82) is 0 Å². The van der Waals surface area contributed by atoms with E-state index in [0.717, 1.165) is 36.2 Å². The van der Waals surface area contributed by atoms with Gasteiger partial charge in [-0.05, 0) is 38.6 Å². The molecule has 2 nitrogen and oxygen atoms in total. The molecule has 1 aromatic rings. The minimum absolute atomic E-state index is 0.0356. The Morgan fingerprint density at radius 3 is 2.63 bits per heavy atom. The zero-order valence-electron chi connectivity index (χ0n) is 12.0. The summed E-state index contributed by atoms with van der Waals surface area (Å²) in [4.78, 5) is 2.40. The Labute approximate surface area is 124 Å². The van der Waals surface area contributed by atoms with E-state index in [1.54, 1.807) is 0 Å². The fourth-order valence-corrected chi connectivity index (χ4v) is 2.48. The second-order valence-electron chi connectivity index (χ2n) is 4.78. The number of nitrogens with one attached hydrogen (secondary N) is 1. The van der Waals surface area contributed by atoms with Crippen LogP contribution in [-0.4, -0.2) is 31.1 Å². The molecule has 1 aromatic carbocycles. The highest BCUT2D eigenvalue weighted by Crippen LogP contribution is 2.20. The van der Waals surface area contributed by atoms with E-state index in [2.05, 4.69) is 40.0 Å². The van der Waals surface area contributed by atoms with Crippen LogP contribution in [0.4, 0.5) is 4.39 Å². The van der Waals surface area contributed by atoms with Gasteiger partial charge in [0.2, 0.25) is 0 Å².